The average molecular weight is 163 g/mol. The van der Waals surface area contributed by atoms with Crippen LogP contribution in [-0.4, -0.2) is 16.7 Å². The predicted octanol–water partition coefficient (Wildman–Crippen LogP) is 1.65. The highest BCUT2D eigenvalue weighted by atomic mass is 16.2. The zero-order chi connectivity index (χ0) is 8.97. The standard InChI is InChI=1S/C10H13NO/c1-8(2)10-5-9(3-4-12)6-11-7-10/h5-7,12H,1,3-4H2,2H3. The quantitative estimate of drug-likeness (QED) is 0.735. The fraction of sp³-hybridized carbons (Fsp3) is 0.300. The van der Waals surface area contributed by atoms with E-state index >= 15 is 0 Å². The first-order chi connectivity index (χ1) is 5.74. The summed E-state index contributed by atoms with van der Waals surface area (Å²) in [5.41, 5.74) is 3.10. The molecule has 0 aromatic carbocycles. The molecule has 0 aliphatic carbocycles. The van der Waals surface area contributed by atoms with E-state index in [2.05, 4.69) is 11.6 Å². The van der Waals surface area contributed by atoms with E-state index in [-0.39, 0.29) is 6.61 Å². The van der Waals surface area contributed by atoms with E-state index in [0.717, 1.165) is 16.7 Å². The van der Waals surface area contributed by atoms with Crippen LogP contribution in [0, 0.1) is 0 Å². The van der Waals surface area contributed by atoms with Crippen LogP contribution in [0.25, 0.3) is 5.57 Å². The Balaban J connectivity index is 2.88. The lowest BCUT2D eigenvalue weighted by atomic mass is 10.1. The summed E-state index contributed by atoms with van der Waals surface area (Å²) in [6.07, 6.45) is 4.21. The van der Waals surface area contributed by atoms with Crippen LogP contribution < -0.4 is 0 Å². The van der Waals surface area contributed by atoms with Gasteiger partial charge in [-0.2, -0.15) is 0 Å². The molecule has 2 nitrogen and oxygen atoms in total. The monoisotopic (exact) mass is 163 g/mol. The highest BCUT2D eigenvalue weighted by Gasteiger charge is 1.96. The zero-order valence-electron chi connectivity index (χ0n) is 7.25. The summed E-state index contributed by atoms with van der Waals surface area (Å²) in [6.45, 7) is 5.94. The van der Waals surface area contributed by atoms with Crippen LogP contribution in [0.4, 0.5) is 0 Å². The van der Waals surface area contributed by atoms with Crippen molar-refractivity contribution in [1.82, 2.24) is 4.98 Å². The Bertz CT molecular complexity index is 281. The second kappa shape index (κ2) is 4.02. The molecule has 0 amide bonds. The van der Waals surface area contributed by atoms with Gasteiger partial charge in [-0.15, -0.1) is 0 Å². The SMILES string of the molecule is C=C(C)c1cncc(CCO)c1. The lowest BCUT2D eigenvalue weighted by molar-refractivity contribution is 0.299. The van der Waals surface area contributed by atoms with Crippen molar-refractivity contribution < 1.29 is 5.11 Å². The molecule has 2 heteroatoms. The lowest BCUT2D eigenvalue weighted by Crippen LogP contribution is -1.92. The third kappa shape index (κ3) is 2.17. The third-order valence-corrected chi connectivity index (χ3v) is 1.69. The number of allylic oxidation sites excluding steroid dienone is 1. The van der Waals surface area contributed by atoms with Gasteiger partial charge in [0.2, 0.25) is 0 Å². The van der Waals surface area contributed by atoms with Gasteiger partial charge in [0.25, 0.3) is 0 Å². The number of pyridine rings is 1. The largest absolute Gasteiger partial charge is 0.396 e. The van der Waals surface area contributed by atoms with Crippen molar-refractivity contribution >= 4 is 5.57 Å². The molecule has 0 unspecified atom stereocenters. The Morgan fingerprint density at radius 1 is 1.58 bits per heavy atom. The van der Waals surface area contributed by atoms with Gasteiger partial charge in [0.05, 0.1) is 0 Å². The number of aliphatic hydroxyl groups excluding tert-OH is 1. The summed E-state index contributed by atoms with van der Waals surface area (Å²) in [4.78, 5) is 4.05. The van der Waals surface area contributed by atoms with Gasteiger partial charge in [0, 0.05) is 19.0 Å². The van der Waals surface area contributed by atoms with Crippen molar-refractivity contribution in [2.75, 3.05) is 6.61 Å². The fourth-order valence-corrected chi connectivity index (χ4v) is 0.987. The first-order valence-electron chi connectivity index (χ1n) is 3.94. The molecular formula is C10H13NO. The van der Waals surface area contributed by atoms with Gasteiger partial charge < -0.3 is 5.11 Å². The first-order valence-corrected chi connectivity index (χ1v) is 3.94. The molecule has 0 saturated carbocycles. The number of hydrogen-bond acceptors (Lipinski definition) is 2. The van der Waals surface area contributed by atoms with Crippen molar-refractivity contribution in [3.05, 3.63) is 36.2 Å². The summed E-state index contributed by atoms with van der Waals surface area (Å²) in [6, 6.07) is 2.01. The molecule has 0 radical (unpaired) electrons. The molecule has 0 spiro atoms. The maximum atomic E-state index is 8.70. The molecule has 64 valence electrons. The topological polar surface area (TPSA) is 33.1 Å². The number of aromatic nitrogens is 1. The minimum absolute atomic E-state index is 0.168. The van der Waals surface area contributed by atoms with Crippen LogP contribution in [0.15, 0.2) is 25.0 Å². The predicted molar refractivity (Wildman–Crippen MR) is 49.7 cm³/mol. The second-order valence-electron chi connectivity index (χ2n) is 2.84. The van der Waals surface area contributed by atoms with E-state index in [0.29, 0.717) is 6.42 Å². The average Bonchev–Trinajstić information content (AvgIpc) is 2.05. The Morgan fingerprint density at radius 3 is 2.92 bits per heavy atom. The molecule has 0 saturated heterocycles. The first kappa shape index (κ1) is 8.94. The van der Waals surface area contributed by atoms with Gasteiger partial charge in [-0.25, -0.2) is 0 Å². The Morgan fingerprint density at radius 2 is 2.33 bits per heavy atom. The summed E-state index contributed by atoms with van der Waals surface area (Å²) < 4.78 is 0. The minimum atomic E-state index is 0.168. The van der Waals surface area contributed by atoms with Crippen molar-refractivity contribution in [2.24, 2.45) is 0 Å². The van der Waals surface area contributed by atoms with Crippen LogP contribution in [0.1, 0.15) is 18.1 Å². The van der Waals surface area contributed by atoms with Crippen molar-refractivity contribution in [3.63, 3.8) is 0 Å². The van der Waals surface area contributed by atoms with Crippen LogP contribution in [0.2, 0.25) is 0 Å². The molecule has 1 heterocycles. The minimum Gasteiger partial charge on any atom is -0.396 e. The molecule has 1 N–H and O–H groups in total. The van der Waals surface area contributed by atoms with Crippen molar-refractivity contribution in [3.8, 4) is 0 Å². The van der Waals surface area contributed by atoms with Crippen molar-refractivity contribution in [1.29, 1.82) is 0 Å². The van der Waals surface area contributed by atoms with E-state index in [9.17, 15) is 0 Å². The molecule has 1 aromatic rings. The van der Waals surface area contributed by atoms with Crippen LogP contribution in [0.3, 0.4) is 0 Å². The summed E-state index contributed by atoms with van der Waals surface area (Å²) in [7, 11) is 0. The van der Waals surface area contributed by atoms with E-state index in [1.54, 1.807) is 12.4 Å². The molecule has 12 heavy (non-hydrogen) atoms. The third-order valence-electron chi connectivity index (χ3n) is 1.69. The highest BCUT2D eigenvalue weighted by Crippen LogP contribution is 2.11. The number of hydrogen-bond donors (Lipinski definition) is 1. The number of nitrogens with zero attached hydrogens (tertiary/aromatic N) is 1. The molecule has 0 aliphatic rings. The number of rotatable bonds is 3. The number of aliphatic hydroxyl groups is 1. The van der Waals surface area contributed by atoms with Gasteiger partial charge in [-0.3, -0.25) is 4.98 Å². The molecule has 1 aromatic heterocycles. The van der Waals surface area contributed by atoms with Crippen LogP contribution in [-0.2, 0) is 6.42 Å². The molecule has 0 aliphatic heterocycles. The van der Waals surface area contributed by atoms with Crippen LogP contribution in [0.5, 0.6) is 0 Å². The molecule has 1 rings (SSSR count). The van der Waals surface area contributed by atoms with Crippen molar-refractivity contribution in [2.45, 2.75) is 13.3 Å². The Hall–Kier alpha value is -1.15. The Labute approximate surface area is 72.6 Å². The fourth-order valence-electron chi connectivity index (χ4n) is 0.987. The molecule has 0 bridgehead atoms. The van der Waals surface area contributed by atoms with E-state index < -0.39 is 0 Å². The normalized spacial score (nSPS) is 9.83. The molecular weight excluding hydrogens is 150 g/mol. The van der Waals surface area contributed by atoms with E-state index in [1.165, 1.54) is 0 Å². The summed E-state index contributed by atoms with van der Waals surface area (Å²) in [5.74, 6) is 0. The van der Waals surface area contributed by atoms with Gasteiger partial charge in [-0.1, -0.05) is 6.58 Å². The summed E-state index contributed by atoms with van der Waals surface area (Å²) in [5, 5.41) is 8.70. The highest BCUT2D eigenvalue weighted by molar-refractivity contribution is 5.60. The van der Waals surface area contributed by atoms with Gasteiger partial charge in [-0.05, 0) is 36.1 Å². The van der Waals surface area contributed by atoms with E-state index in [4.69, 9.17) is 5.11 Å². The lowest BCUT2D eigenvalue weighted by Gasteiger charge is -2.01. The van der Waals surface area contributed by atoms with Gasteiger partial charge in [0.15, 0.2) is 0 Å². The summed E-state index contributed by atoms with van der Waals surface area (Å²) >= 11 is 0. The Kier molecular flexibility index (Phi) is 3.00. The second-order valence-corrected chi connectivity index (χ2v) is 2.84. The zero-order valence-corrected chi connectivity index (χ0v) is 7.25. The molecule has 0 atom stereocenters. The maximum absolute atomic E-state index is 8.70. The molecule has 0 fully saturated rings. The van der Waals surface area contributed by atoms with Gasteiger partial charge >= 0.3 is 0 Å². The smallest absolute Gasteiger partial charge is 0.0472 e. The van der Waals surface area contributed by atoms with E-state index in [1.807, 2.05) is 13.0 Å². The van der Waals surface area contributed by atoms with Crippen LogP contribution >= 0.6 is 0 Å². The van der Waals surface area contributed by atoms with Gasteiger partial charge in [0.1, 0.15) is 0 Å². The maximum Gasteiger partial charge on any atom is 0.0472 e.